The average molecular weight is 285 g/mol. The summed E-state index contributed by atoms with van der Waals surface area (Å²) in [5.74, 6) is 0. The highest BCUT2D eigenvalue weighted by atomic mass is 79.9. The fourth-order valence-corrected chi connectivity index (χ4v) is 2.80. The lowest BCUT2D eigenvalue weighted by Crippen LogP contribution is -2.02. The molecule has 0 saturated heterocycles. The fourth-order valence-electron chi connectivity index (χ4n) is 1.33. The predicted molar refractivity (Wildman–Crippen MR) is 63.3 cm³/mol. The largest absolute Gasteiger partial charge is 0.328 e. The minimum atomic E-state index is 0.630. The molecule has 0 amide bonds. The van der Waals surface area contributed by atoms with Crippen LogP contribution in [0.4, 0.5) is 0 Å². The summed E-state index contributed by atoms with van der Waals surface area (Å²) in [6.45, 7) is 0.793. The molecule has 0 fully saturated rings. The van der Waals surface area contributed by atoms with Gasteiger partial charge in [-0.25, -0.2) is 4.98 Å². The minimum Gasteiger partial charge on any atom is -0.328 e. The molecule has 0 saturated carbocycles. The second-order valence-corrected chi connectivity index (χ2v) is 5.63. The highest BCUT2D eigenvalue weighted by Gasteiger charge is 2.02. The van der Waals surface area contributed by atoms with Crippen molar-refractivity contribution in [2.75, 3.05) is 0 Å². The smallest absolute Gasteiger partial charge is 0.168 e. The van der Waals surface area contributed by atoms with E-state index in [0.717, 1.165) is 23.0 Å². The van der Waals surface area contributed by atoms with Gasteiger partial charge < -0.3 is 4.57 Å². The third-order valence-corrected chi connectivity index (χ3v) is 3.78. The molecule has 0 radical (unpaired) electrons. The van der Waals surface area contributed by atoms with Crippen LogP contribution >= 0.6 is 27.3 Å². The van der Waals surface area contributed by atoms with Gasteiger partial charge in [-0.1, -0.05) is 0 Å². The van der Waals surface area contributed by atoms with E-state index in [0.29, 0.717) is 5.69 Å². The number of aryl methyl sites for hydroxylation is 2. The lowest BCUT2D eigenvalue weighted by molar-refractivity contribution is 0.111. The molecule has 78 valence electrons. The summed E-state index contributed by atoms with van der Waals surface area (Å²) in [6.07, 6.45) is 5.02. The van der Waals surface area contributed by atoms with Gasteiger partial charge in [0.2, 0.25) is 0 Å². The zero-order chi connectivity index (χ0) is 10.7. The predicted octanol–water partition coefficient (Wildman–Crippen LogP) is 2.76. The molecule has 0 aliphatic heterocycles. The Balaban J connectivity index is 2.01. The van der Waals surface area contributed by atoms with Crippen LogP contribution in [-0.2, 0) is 13.0 Å². The van der Waals surface area contributed by atoms with Gasteiger partial charge in [0, 0.05) is 11.4 Å². The molecule has 0 atom stereocenters. The molecule has 15 heavy (non-hydrogen) atoms. The molecule has 5 heteroatoms. The van der Waals surface area contributed by atoms with Crippen LogP contribution in [-0.4, -0.2) is 15.8 Å². The lowest BCUT2D eigenvalue weighted by Gasteiger charge is -2.01. The first-order valence-corrected chi connectivity index (χ1v) is 6.10. The van der Waals surface area contributed by atoms with Crippen molar-refractivity contribution in [1.29, 1.82) is 0 Å². The van der Waals surface area contributed by atoms with Crippen molar-refractivity contribution >= 4 is 33.6 Å². The van der Waals surface area contributed by atoms with E-state index >= 15 is 0 Å². The molecule has 2 aromatic rings. The summed E-state index contributed by atoms with van der Waals surface area (Å²) in [5.41, 5.74) is 0.630. The first-order valence-electron chi connectivity index (χ1n) is 4.49. The van der Waals surface area contributed by atoms with Gasteiger partial charge in [0.1, 0.15) is 5.69 Å². The summed E-state index contributed by atoms with van der Waals surface area (Å²) < 4.78 is 3.00. The number of aromatic nitrogens is 2. The summed E-state index contributed by atoms with van der Waals surface area (Å²) in [5, 5.41) is 0. The third-order valence-electron chi connectivity index (χ3n) is 2.09. The number of nitrogens with zero attached hydrogens (tertiary/aromatic N) is 2. The molecule has 0 N–H and O–H groups in total. The second-order valence-electron chi connectivity index (χ2n) is 3.09. The summed E-state index contributed by atoms with van der Waals surface area (Å²) >= 11 is 5.14. The van der Waals surface area contributed by atoms with Crippen molar-refractivity contribution in [3.05, 3.63) is 39.0 Å². The maximum Gasteiger partial charge on any atom is 0.168 e. The number of carbonyl (C=O) groups excluding carboxylic acids is 1. The first kappa shape index (κ1) is 10.6. The van der Waals surface area contributed by atoms with Crippen molar-refractivity contribution in [2.24, 2.45) is 0 Å². The Kier molecular flexibility index (Phi) is 3.33. The molecular formula is C10H9BrN2OS. The monoisotopic (exact) mass is 284 g/mol. The van der Waals surface area contributed by atoms with Crippen molar-refractivity contribution < 1.29 is 4.79 Å². The van der Waals surface area contributed by atoms with Crippen molar-refractivity contribution in [3.8, 4) is 0 Å². The third kappa shape index (κ3) is 2.54. The Labute approximate surface area is 99.9 Å². The first-order chi connectivity index (χ1) is 7.29. The highest BCUT2D eigenvalue weighted by molar-refractivity contribution is 9.11. The van der Waals surface area contributed by atoms with Gasteiger partial charge in [-0.3, -0.25) is 4.79 Å². The van der Waals surface area contributed by atoms with E-state index in [1.54, 1.807) is 23.9 Å². The number of carbonyl (C=O) groups is 1. The number of hydrogen-bond acceptors (Lipinski definition) is 3. The van der Waals surface area contributed by atoms with E-state index in [2.05, 4.69) is 27.0 Å². The van der Waals surface area contributed by atoms with Crippen LogP contribution < -0.4 is 0 Å². The van der Waals surface area contributed by atoms with E-state index in [4.69, 9.17) is 0 Å². The summed E-state index contributed by atoms with van der Waals surface area (Å²) in [7, 11) is 0. The molecule has 0 aliphatic carbocycles. The van der Waals surface area contributed by atoms with Gasteiger partial charge in [0.15, 0.2) is 6.29 Å². The van der Waals surface area contributed by atoms with Crippen LogP contribution in [0.2, 0.25) is 0 Å². The number of hydrogen-bond donors (Lipinski definition) is 0. The standard InChI is InChI=1S/C10H9BrN2OS/c11-10-2-1-9(15-10)3-4-13-7-12-5-8(13)6-14/h1-2,5-7H,3-4H2. The SMILES string of the molecule is O=Cc1cncn1CCc1ccc(Br)s1. The van der Waals surface area contributed by atoms with Crippen LogP contribution in [0.15, 0.2) is 28.4 Å². The molecule has 0 unspecified atom stereocenters. The van der Waals surface area contributed by atoms with Crippen molar-refractivity contribution in [2.45, 2.75) is 13.0 Å². The van der Waals surface area contributed by atoms with Gasteiger partial charge in [0.05, 0.1) is 16.3 Å². The molecule has 2 aromatic heterocycles. The average Bonchev–Trinajstić information content (AvgIpc) is 2.83. The Bertz CT molecular complexity index is 463. The maximum atomic E-state index is 10.6. The van der Waals surface area contributed by atoms with Crippen LogP contribution in [0.25, 0.3) is 0 Å². The molecular weight excluding hydrogens is 276 g/mol. The summed E-state index contributed by atoms with van der Waals surface area (Å²) in [4.78, 5) is 15.9. The zero-order valence-corrected chi connectivity index (χ0v) is 10.3. The van der Waals surface area contributed by atoms with Gasteiger partial charge in [-0.15, -0.1) is 11.3 Å². The summed E-state index contributed by atoms with van der Waals surface area (Å²) in [6, 6.07) is 4.13. The van der Waals surface area contributed by atoms with Crippen LogP contribution in [0, 0.1) is 0 Å². The van der Waals surface area contributed by atoms with Gasteiger partial charge in [0.25, 0.3) is 0 Å². The molecule has 0 bridgehead atoms. The number of imidazole rings is 1. The Morgan fingerprint density at radius 3 is 3.07 bits per heavy atom. The van der Waals surface area contributed by atoms with Gasteiger partial charge in [-0.2, -0.15) is 0 Å². The Hall–Kier alpha value is -0.940. The van der Waals surface area contributed by atoms with E-state index in [9.17, 15) is 4.79 Å². The molecule has 0 aliphatic rings. The molecule has 3 nitrogen and oxygen atoms in total. The van der Waals surface area contributed by atoms with Gasteiger partial charge in [-0.05, 0) is 34.5 Å². The van der Waals surface area contributed by atoms with Gasteiger partial charge >= 0.3 is 0 Å². The Morgan fingerprint density at radius 2 is 2.40 bits per heavy atom. The zero-order valence-electron chi connectivity index (χ0n) is 7.89. The van der Waals surface area contributed by atoms with Crippen LogP contribution in [0.5, 0.6) is 0 Å². The molecule has 2 rings (SSSR count). The number of rotatable bonds is 4. The second kappa shape index (κ2) is 4.72. The van der Waals surface area contributed by atoms with E-state index in [1.807, 2.05) is 10.6 Å². The molecule has 0 spiro atoms. The fraction of sp³-hybridized carbons (Fsp3) is 0.200. The number of aldehydes is 1. The van der Waals surface area contributed by atoms with E-state index < -0.39 is 0 Å². The molecule has 2 heterocycles. The minimum absolute atomic E-state index is 0.630. The van der Waals surface area contributed by atoms with Crippen LogP contribution in [0.1, 0.15) is 15.4 Å². The van der Waals surface area contributed by atoms with Crippen molar-refractivity contribution in [1.82, 2.24) is 9.55 Å². The van der Waals surface area contributed by atoms with Crippen LogP contribution in [0.3, 0.4) is 0 Å². The number of halogens is 1. The maximum absolute atomic E-state index is 10.6. The van der Waals surface area contributed by atoms with E-state index in [1.165, 1.54) is 4.88 Å². The van der Waals surface area contributed by atoms with Crippen molar-refractivity contribution in [3.63, 3.8) is 0 Å². The lowest BCUT2D eigenvalue weighted by atomic mass is 10.3. The quantitative estimate of drug-likeness (QED) is 0.810. The highest BCUT2D eigenvalue weighted by Crippen LogP contribution is 2.22. The van der Waals surface area contributed by atoms with E-state index in [-0.39, 0.29) is 0 Å². The molecule has 0 aromatic carbocycles. The topological polar surface area (TPSA) is 34.9 Å². The number of thiophene rings is 1. The normalized spacial score (nSPS) is 10.5. The Morgan fingerprint density at radius 1 is 1.53 bits per heavy atom.